The molecule has 0 spiro atoms. The zero-order chi connectivity index (χ0) is 70.4. The number of carbonyl (C=O) groups is 12. The number of aliphatic hydroxyl groups excluding tert-OH is 1. The Morgan fingerprint density at radius 3 is 1.98 bits per heavy atom. The number of thiazole rings is 3. The van der Waals surface area contributed by atoms with Gasteiger partial charge in [-0.05, 0) is 59.6 Å². The molecule has 4 aromatic rings. The highest BCUT2D eigenvalue weighted by Crippen LogP contribution is 2.35. The molecule has 516 valence electrons. The second kappa shape index (κ2) is 31.0. The molecular formula is C59H64N18O14S7. The number of carboxylic acid groups (broad SMARTS) is 1. The lowest BCUT2D eigenvalue weighted by atomic mass is 10.0. The number of carbonyl (C=O) groups excluding carboxylic acids is 11. The Balaban J connectivity index is 1.05. The lowest BCUT2D eigenvalue weighted by molar-refractivity contribution is -0.141. The summed E-state index contributed by atoms with van der Waals surface area (Å²) in [6.07, 6.45) is 0.722. The molecule has 7 aliphatic heterocycles. The number of hydrogen-bond donors (Lipinski definition) is 12. The minimum absolute atomic E-state index is 0.00174. The fraction of sp³-hybridized carbons (Fsp3) is 0.407. The van der Waals surface area contributed by atoms with Crippen molar-refractivity contribution in [1.29, 1.82) is 0 Å². The molecular weight excluding hydrogens is 1410 g/mol. The first-order valence-electron chi connectivity index (χ1n) is 30.1. The van der Waals surface area contributed by atoms with Crippen molar-refractivity contribution in [3.63, 3.8) is 0 Å². The van der Waals surface area contributed by atoms with Crippen LogP contribution < -0.4 is 53.6 Å². The van der Waals surface area contributed by atoms with E-state index in [0.29, 0.717) is 60.4 Å². The Morgan fingerprint density at radius 2 is 1.33 bits per heavy atom. The van der Waals surface area contributed by atoms with E-state index >= 15 is 0 Å². The number of nitrogens with two attached hydrogens (primary N) is 1. The van der Waals surface area contributed by atoms with Crippen LogP contribution in [0.15, 0.2) is 73.4 Å². The number of aliphatic carboxylic acids is 1. The summed E-state index contributed by atoms with van der Waals surface area (Å²) in [7, 11) is 0. The number of fused-ring (bicyclic) bond motifs is 8. The van der Waals surface area contributed by atoms with E-state index in [1.54, 1.807) is 23.1 Å². The standard InChI is InChI=1S/C59H64N18O14S7/c1-7-27-47(85)76-59(6)58(91)75-42(25(5)78)49(87)61-15-40(80)64-28(8-2)56(88)77-13-9-10-38(77)48(86)62-23(3)41-26(43(81)67-30(14-39(60)79)52-69-32(17-93-52)45(83)66-27)11-12-29(65-41)51-73-35(20-96-51)53-70-31(16-94-53)44(82)63-24(4)50-72-34(19-92-50)55-74-36(21-97-55)54-71-33(18-95-54)46(84)68-37(22-98-59)57(89)90/h7-8,11-12,19-21,23,25,30-33,37-38,42,78H,4,9-10,13-18,22H2,1-3,5-6H3,(H2,60,79)(H,61,87)(H,62,86)(H,63,82)(H,64,80)(H,66,83)(H,67,81)(H,68,84)(H,75,91)(H,76,85)(H,89,90)/t23-,25-,30+,31+,32+,33+,37+,38+,42+,59+/m1/s1. The lowest BCUT2D eigenvalue weighted by Crippen LogP contribution is -2.62. The van der Waals surface area contributed by atoms with Crippen LogP contribution in [0.4, 0.5) is 0 Å². The van der Waals surface area contributed by atoms with E-state index in [1.165, 1.54) is 101 Å². The highest BCUT2D eigenvalue weighted by atomic mass is 32.2. The van der Waals surface area contributed by atoms with Gasteiger partial charge >= 0.3 is 5.97 Å². The van der Waals surface area contributed by atoms with Gasteiger partial charge in [0.05, 0.1) is 58.8 Å². The van der Waals surface area contributed by atoms with E-state index in [9.17, 15) is 67.7 Å². The zero-order valence-corrected chi connectivity index (χ0v) is 58.3. The summed E-state index contributed by atoms with van der Waals surface area (Å²) >= 11 is 7.56. The first kappa shape index (κ1) is 72.0. The number of hydrogen-bond acceptors (Lipinski definition) is 27. The van der Waals surface area contributed by atoms with E-state index in [4.69, 9.17) is 25.7 Å². The van der Waals surface area contributed by atoms with Crippen molar-refractivity contribution < 1.29 is 67.7 Å². The molecule has 7 aliphatic rings. The van der Waals surface area contributed by atoms with Crippen LogP contribution in [0.5, 0.6) is 0 Å². The molecule has 32 nitrogen and oxygen atoms in total. The summed E-state index contributed by atoms with van der Waals surface area (Å²) in [5, 5.41) is 51.8. The lowest BCUT2D eigenvalue weighted by Gasteiger charge is -2.32. The number of thioether (sulfide) groups is 4. The number of aliphatic hydroxyl groups is 1. The molecule has 1 saturated heterocycles. The highest BCUT2D eigenvalue weighted by Gasteiger charge is 2.44. The summed E-state index contributed by atoms with van der Waals surface area (Å²) in [4.78, 5) is 200. The summed E-state index contributed by atoms with van der Waals surface area (Å²) < 4.78 is 0. The molecule has 11 rings (SSSR count). The second-order valence-corrected chi connectivity index (χ2v) is 29.7. The Bertz CT molecular complexity index is 4150. The van der Waals surface area contributed by atoms with E-state index < -0.39 is 155 Å². The summed E-state index contributed by atoms with van der Waals surface area (Å²) in [6.45, 7) is 9.91. The average molecular weight is 1470 g/mol. The van der Waals surface area contributed by atoms with Crippen molar-refractivity contribution in [1.82, 2.24) is 72.7 Å². The van der Waals surface area contributed by atoms with Crippen LogP contribution in [-0.4, -0.2) is 210 Å². The molecule has 4 aromatic heterocycles. The monoisotopic (exact) mass is 1470 g/mol. The predicted molar refractivity (Wildman–Crippen MR) is 370 cm³/mol. The predicted octanol–water partition coefficient (Wildman–Crippen LogP) is 0.136. The quantitative estimate of drug-likeness (QED) is 0.121. The van der Waals surface area contributed by atoms with Crippen LogP contribution in [0.1, 0.15) is 92.4 Å². The number of aromatic nitrogens is 4. The molecule has 10 atom stereocenters. The fourth-order valence-corrected chi connectivity index (χ4v) is 17.0. The number of primary amides is 1. The number of nitrogens with one attached hydrogen (secondary N) is 9. The van der Waals surface area contributed by atoms with Crippen molar-refractivity contribution in [2.24, 2.45) is 20.7 Å². The van der Waals surface area contributed by atoms with Crippen LogP contribution in [-0.2, 0) is 52.7 Å². The van der Waals surface area contributed by atoms with Gasteiger partial charge in [-0.3, -0.25) is 67.7 Å². The first-order valence-corrected chi connectivity index (χ1v) is 36.7. The minimum atomic E-state index is -2.35. The molecule has 0 unspecified atom stereocenters. The van der Waals surface area contributed by atoms with Crippen molar-refractivity contribution >= 4 is 173 Å². The summed E-state index contributed by atoms with van der Waals surface area (Å²) in [5.74, 6) is -11.8. The van der Waals surface area contributed by atoms with Crippen LogP contribution in [0.3, 0.4) is 0 Å². The average Bonchev–Trinajstić information content (AvgIpc) is 1.76. The fourth-order valence-electron chi connectivity index (χ4n) is 10.4. The molecule has 39 heteroatoms. The normalized spacial score (nSPS) is 27.1. The van der Waals surface area contributed by atoms with Gasteiger partial charge < -0.3 is 68.7 Å². The largest absolute Gasteiger partial charge is 0.480 e. The smallest absolute Gasteiger partial charge is 0.327 e. The van der Waals surface area contributed by atoms with Gasteiger partial charge in [-0.1, -0.05) is 18.7 Å². The van der Waals surface area contributed by atoms with Gasteiger partial charge in [0.2, 0.25) is 41.4 Å². The third-order valence-electron chi connectivity index (χ3n) is 15.6. The topological polar surface area (TPSA) is 471 Å². The van der Waals surface area contributed by atoms with E-state index in [1.807, 2.05) is 0 Å². The number of amides is 11. The zero-order valence-electron chi connectivity index (χ0n) is 52.6. The van der Waals surface area contributed by atoms with E-state index in [2.05, 4.69) is 69.4 Å². The number of carboxylic acids is 1. The van der Waals surface area contributed by atoms with E-state index in [-0.39, 0.29) is 63.6 Å². The van der Waals surface area contributed by atoms with Crippen molar-refractivity contribution in [2.45, 2.75) is 113 Å². The molecule has 0 radical (unpaired) electrons. The van der Waals surface area contributed by atoms with Gasteiger partial charge in [0, 0.05) is 45.7 Å². The van der Waals surface area contributed by atoms with Crippen LogP contribution in [0.25, 0.3) is 27.1 Å². The van der Waals surface area contributed by atoms with Crippen LogP contribution in [0.2, 0.25) is 0 Å². The van der Waals surface area contributed by atoms with Crippen molar-refractivity contribution in [3.05, 3.63) is 86.1 Å². The first-order chi connectivity index (χ1) is 46.7. The summed E-state index contributed by atoms with van der Waals surface area (Å²) in [6, 6.07) is -7.50. The Morgan fingerprint density at radius 1 is 0.714 bits per heavy atom. The van der Waals surface area contributed by atoms with Gasteiger partial charge in [-0.15, -0.1) is 81.1 Å². The van der Waals surface area contributed by atoms with Gasteiger partial charge in [0.25, 0.3) is 23.6 Å². The van der Waals surface area contributed by atoms with Gasteiger partial charge in [-0.25, -0.2) is 24.7 Å². The maximum atomic E-state index is 14.8. The van der Waals surface area contributed by atoms with Crippen LogP contribution >= 0.6 is 81.1 Å². The minimum Gasteiger partial charge on any atom is -0.480 e. The molecule has 0 aliphatic carbocycles. The third-order valence-corrected chi connectivity index (χ3v) is 22.9. The van der Waals surface area contributed by atoms with Gasteiger partial charge in [-0.2, -0.15) is 0 Å². The summed E-state index contributed by atoms with van der Waals surface area (Å²) in [5.41, 5.74) is 6.62. The number of nitrogens with zero attached hydrogens (tertiary/aromatic N) is 8. The SMILES string of the molecule is C=C1NC(=O)[C@@H]2CSC(=N2)c2csc(n2)-c2ccc3c(n2)[C@@H](C)NC(=O)[C@@H]2CCCN2C(=O)C(=CC)NC(=O)CNC(=O)[C@H]([C@@H](C)O)NC(=O)[C@@](C)(NC(=O)C(=CC)NC(=O)[C@@H]2CSC(=N2)[C@H](CC(N)=O)NC3=O)SC[C@@H](C(=O)O)NC(=O)[C@@H]2CSC(=N2)c2csc(n2)-c2csc1n2. The van der Waals surface area contributed by atoms with E-state index in [0.717, 1.165) is 25.6 Å². The molecule has 16 bridgehead atoms. The third kappa shape index (κ3) is 16.5. The Kier molecular flexibility index (Phi) is 22.8. The maximum absolute atomic E-state index is 14.8. The number of pyridine rings is 1. The number of aliphatic imine (C=N–C) groups is 3. The molecule has 98 heavy (non-hydrogen) atoms. The second-order valence-electron chi connectivity index (χ2n) is 22.7. The molecule has 11 heterocycles. The molecule has 0 saturated carbocycles. The number of allylic oxidation sites excluding steroid dienone is 2. The highest BCUT2D eigenvalue weighted by molar-refractivity contribution is 8.15. The molecule has 1 fully saturated rings. The maximum Gasteiger partial charge on any atom is 0.327 e. The molecule has 13 N–H and O–H groups in total. The van der Waals surface area contributed by atoms with Crippen molar-refractivity contribution in [2.75, 3.05) is 36.1 Å². The number of rotatable bonds is 4. The van der Waals surface area contributed by atoms with Crippen molar-refractivity contribution in [3.8, 4) is 21.4 Å². The van der Waals surface area contributed by atoms with Gasteiger partial charge in [0.15, 0.2) is 4.87 Å². The Hall–Kier alpha value is -8.73. The molecule has 11 amide bonds. The Labute approximate surface area is 586 Å². The molecule has 0 aromatic carbocycles. The van der Waals surface area contributed by atoms with Crippen LogP contribution in [0, 0.1) is 0 Å². The van der Waals surface area contributed by atoms with Gasteiger partial charge in [0.1, 0.15) is 89.8 Å².